The number of benzene rings is 4. The lowest BCUT2D eigenvalue weighted by molar-refractivity contribution is -0.121. The van der Waals surface area contributed by atoms with Gasteiger partial charge in [0.25, 0.3) is 5.91 Å². The van der Waals surface area contributed by atoms with Crippen molar-refractivity contribution in [2.75, 3.05) is 57.8 Å². The Kier molecular flexibility index (Phi) is 10.7. The van der Waals surface area contributed by atoms with Gasteiger partial charge in [-0.15, -0.1) is 0 Å². The van der Waals surface area contributed by atoms with Gasteiger partial charge in [0.2, 0.25) is 5.91 Å². The summed E-state index contributed by atoms with van der Waals surface area (Å²) in [5.41, 5.74) is 14.0. The number of fused-ring (bicyclic) bond motifs is 4. The predicted octanol–water partition coefficient (Wildman–Crippen LogP) is 6.09. The molecule has 12 nitrogen and oxygen atoms in total. The van der Waals surface area contributed by atoms with Crippen molar-refractivity contribution in [1.82, 2.24) is 15.1 Å². The van der Waals surface area contributed by atoms with Gasteiger partial charge in [0, 0.05) is 61.3 Å². The molecule has 0 radical (unpaired) electrons. The minimum absolute atomic E-state index is 0.0813. The molecular weight excluding hydrogens is 622 g/mol. The molecule has 2 aliphatic rings. The number of ether oxygens (including phenoxy) is 1. The Hall–Kier alpha value is -5.42. The van der Waals surface area contributed by atoms with E-state index in [4.69, 9.17) is 10.3 Å². The number of azide groups is 1. The van der Waals surface area contributed by atoms with Crippen LogP contribution in [0, 0.1) is 0 Å². The quantitative estimate of drug-likeness (QED) is 0.0680. The maximum Gasteiger partial charge on any atom is 0.408 e. The molecule has 1 heterocycles. The summed E-state index contributed by atoms with van der Waals surface area (Å²) in [6.45, 7) is 4.67. The van der Waals surface area contributed by atoms with E-state index in [1.165, 1.54) is 4.90 Å². The highest BCUT2D eigenvalue weighted by molar-refractivity contribution is 6.01. The predicted molar refractivity (Wildman–Crippen MR) is 188 cm³/mol. The Balaban J connectivity index is 1.17. The molecule has 252 valence electrons. The first-order valence-corrected chi connectivity index (χ1v) is 16.5. The lowest BCUT2D eigenvalue weighted by atomic mass is 9.95. The summed E-state index contributed by atoms with van der Waals surface area (Å²) in [6, 6.07) is 25.6. The number of carbonyl (C=O) groups is 3. The molecule has 3 amide bonds. The summed E-state index contributed by atoms with van der Waals surface area (Å²) in [6.07, 6.45) is -0.705. The maximum atomic E-state index is 13.9. The first-order chi connectivity index (χ1) is 23.9. The molecule has 0 saturated carbocycles. The van der Waals surface area contributed by atoms with Crippen molar-refractivity contribution in [1.29, 1.82) is 0 Å². The molecule has 4 aromatic carbocycles. The maximum absolute atomic E-state index is 13.9. The summed E-state index contributed by atoms with van der Waals surface area (Å²) >= 11 is 0. The third kappa shape index (κ3) is 7.84. The van der Waals surface area contributed by atoms with Gasteiger partial charge in [0.15, 0.2) is 0 Å². The highest BCUT2D eigenvalue weighted by Gasteiger charge is 2.36. The Labute approximate surface area is 284 Å². The molecule has 12 heteroatoms. The van der Waals surface area contributed by atoms with E-state index in [1.54, 1.807) is 18.2 Å². The minimum atomic E-state index is -1.21. The van der Waals surface area contributed by atoms with Crippen LogP contribution in [0.3, 0.4) is 0 Å². The number of morpholine rings is 1. The van der Waals surface area contributed by atoms with Crippen LogP contribution in [-0.2, 0) is 9.53 Å². The van der Waals surface area contributed by atoms with Crippen LogP contribution in [0.25, 0.3) is 32.3 Å². The van der Waals surface area contributed by atoms with Crippen LogP contribution in [0.2, 0.25) is 0 Å². The van der Waals surface area contributed by atoms with E-state index in [0.29, 0.717) is 37.4 Å². The van der Waals surface area contributed by atoms with E-state index in [0.717, 1.165) is 52.7 Å². The van der Waals surface area contributed by atoms with E-state index in [2.05, 4.69) is 25.6 Å². The Morgan fingerprint density at radius 1 is 0.959 bits per heavy atom. The molecular formula is C37H39N7O5. The molecule has 6 rings (SSSR count). The van der Waals surface area contributed by atoms with E-state index in [1.807, 2.05) is 66.7 Å². The zero-order valence-corrected chi connectivity index (χ0v) is 27.1. The van der Waals surface area contributed by atoms with Crippen molar-refractivity contribution >= 4 is 34.4 Å². The van der Waals surface area contributed by atoms with Gasteiger partial charge in [-0.05, 0) is 75.7 Å². The highest BCUT2D eigenvalue weighted by atomic mass is 16.5. The smallest absolute Gasteiger partial charge is 0.408 e. The monoisotopic (exact) mass is 661 g/mol. The van der Waals surface area contributed by atoms with Crippen LogP contribution >= 0.6 is 0 Å². The molecule has 1 aliphatic heterocycles. The van der Waals surface area contributed by atoms with Crippen molar-refractivity contribution in [2.45, 2.75) is 24.8 Å². The van der Waals surface area contributed by atoms with Crippen LogP contribution < -0.4 is 10.6 Å². The number of anilines is 1. The second kappa shape index (κ2) is 15.7. The Bertz CT molecular complexity index is 1840. The summed E-state index contributed by atoms with van der Waals surface area (Å²) in [5, 5.41) is 21.6. The number of carbonyl (C=O) groups excluding carboxylic acids is 2. The lowest BCUT2D eigenvalue weighted by Crippen LogP contribution is -2.48. The number of carboxylic acid groups (broad SMARTS) is 1. The van der Waals surface area contributed by atoms with Gasteiger partial charge >= 0.3 is 6.09 Å². The summed E-state index contributed by atoms with van der Waals surface area (Å²) in [5.74, 6) is -0.877. The van der Waals surface area contributed by atoms with Crippen LogP contribution in [0.15, 0.2) is 90.0 Å². The Morgan fingerprint density at radius 3 is 2.33 bits per heavy atom. The molecule has 1 aliphatic carbocycles. The lowest BCUT2D eigenvalue weighted by Gasteiger charge is -2.31. The molecule has 0 aromatic heterocycles. The van der Waals surface area contributed by atoms with Gasteiger partial charge in [-0.2, -0.15) is 0 Å². The van der Waals surface area contributed by atoms with Crippen molar-refractivity contribution < 1.29 is 24.2 Å². The molecule has 49 heavy (non-hydrogen) atoms. The Morgan fingerprint density at radius 2 is 1.63 bits per heavy atom. The topological polar surface area (TPSA) is 160 Å². The van der Waals surface area contributed by atoms with Gasteiger partial charge in [-0.1, -0.05) is 65.8 Å². The standard InChI is InChI=1S/C37H39N7O5/c38-42-40-15-5-10-34(44(37(47)48)24-33-31-8-3-1-6-29(31)30-7-2-4-9-32(30)33)36(46)41-28-14-13-25-22-27(12-11-26(25)23-28)35(45)39-16-17-43-18-20-49-21-19-43/h1-4,6-9,11-14,22-23,33-34H,5,10,15-21,24H2,(H,39,45)(H,41,46)(H,47,48). The van der Waals surface area contributed by atoms with Crippen LogP contribution in [-0.4, -0.2) is 91.3 Å². The highest BCUT2D eigenvalue weighted by Crippen LogP contribution is 2.45. The second-order valence-corrected chi connectivity index (χ2v) is 12.3. The molecule has 1 saturated heterocycles. The van der Waals surface area contributed by atoms with Crippen molar-refractivity contribution in [3.05, 3.63) is 112 Å². The zero-order valence-electron chi connectivity index (χ0n) is 27.1. The van der Waals surface area contributed by atoms with Crippen molar-refractivity contribution in [3.63, 3.8) is 0 Å². The molecule has 4 aromatic rings. The first-order valence-electron chi connectivity index (χ1n) is 16.5. The van der Waals surface area contributed by atoms with E-state index < -0.39 is 18.0 Å². The first kappa shape index (κ1) is 33.5. The number of amides is 3. The van der Waals surface area contributed by atoms with Gasteiger partial charge < -0.3 is 20.5 Å². The van der Waals surface area contributed by atoms with Gasteiger partial charge in [-0.25, -0.2) is 4.79 Å². The SMILES string of the molecule is [N-]=[N+]=NCCCC(C(=O)Nc1ccc2cc(C(=O)NCCN3CCOCC3)ccc2c1)N(CC1c2ccccc2-c2ccccc21)C(=O)O. The second-order valence-electron chi connectivity index (χ2n) is 12.3. The fraction of sp³-hybridized carbons (Fsp3) is 0.324. The average Bonchev–Trinajstić information content (AvgIpc) is 3.44. The van der Waals surface area contributed by atoms with Crippen molar-refractivity contribution in [2.24, 2.45) is 5.11 Å². The normalized spacial score (nSPS) is 14.7. The molecule has 1 unspecified atom stereocenters. The molecule has 3 N–H and O–H groups in total. The van der Waals surface area contributed by atoms with E-state index in [9.17, 15) is 19.5 Å². The third-order valence-electron chi connectivity index (χ3n) is 9.25. The van der Waals surface area contributed by atoms with E-state index >= 15 is 0 Å². The van der Waals surface area contributed by atoms with Gasteiger partial charge in [-0.3, -0.25) is 19.4 Å². The zero-order chi connectivity index (χ0) is 34.2. The van der Waals surface area contributed by atoms with E-state index in [-0.39, 0.29) is 31.3 Å². The molecule has 1 atom stereocenters. The fourth-order valence-corrected chi connectivity index (χ4v) is 6.77. The van der Waals surface area contributed by atoms with Gasteiger partial charge in [0.1, 0.15) is 6.04 Å². The number of hydrogen-bond acceptors (Lipinski definition) is 6. The number of rotatable bonds is 13. The third-order valence-corrected chi connectivity index (χ3v) is 9.25. The summed E-state index contributed by atoms with van der Waals surface area (Å²) in [4.78, 5) is 45.8. The number of hydrogen-bond donors (Lipinski definition) is 3. The van der Waals surface area contributed by atoms with Crippen molar-refractivity contribution in [3.8, 4) is 11.1 Å². The van der Waals surface area contributed by atoms with Crippen LogP contribution in [0.4, 0.5) is 10.5 Å². The number of nitrogens with one attached hydrogen (secondary N) is 2. The largest absolute Gasteiger partial charge is 0.465 e. The average molecular weight is 662 g/mol. The molecule has 0 bridgehead atoms. The summed E-state index contributed by atoms with van der Waals surface area (Å²) in [7, 11) is 0. The van der Waals surface area contributed by atoms with Crippen LogP contribution in [0.5, 0.6) is 0 Å². The summed E-state index contributed by atoms with van der Waals surface area (Å²) < 4.78 is 5.38. The number of nitrogens with zero attached hydrogens (tertiary/aromatic N) is 5. The van der Waals surface area contributed by atoms with Crippen LogP contribution in [0.1, 0.15) is 40.2 Å². The fourth-order valence-electron chi connectivity index (χ4n) is 6.77. The molecule has 1 fully saturated rings. The molecule has 0 spiro atoms. The van der Waals surface area contributed by atoms with Gasteiger partial charge in [0.05, 0.1) is 13.2 Å². The minimum Gasteiger partial charge on any atom is -0.465 e.